The Morgan fingerprint density at radius 2 is 2.21 bits per heavy atom. The maximum atomic E-state index is 13.7. The van der Waals surface area contributed by atoms with Crippen LogP contribution in [0, 0.1) is 5.82 Å². The smallest absolute Gasteiger partial charge is 0.218 e. The van der Waals surface area contributed by atoms with Crippen LogP contribution in [0.4, 0.5) is 4.39 Å². The van der Waals surface area contributed by atoms with Crippen molar-refractivity contribution in [2.75, 3.05) is 0 Å². The van der Waals surface area contributed by atoms with Gasteiger partial charge in [0.05, 0.1) is 0 Å². The number of amidine groups is 1. The largest absolute Gasteiger partial charge is 0.409 e. The Morgan fingerprint density at radius 1 is 1.53 bits per heavy atom. The molecule has 0 aromatic heterocycles. The van der Waals surface area contributed by atoms with Crippen molar-refractivity contribution in [3.05, 3.63) is 35.1 Å². The van der Waals surface area contributed by atoms with Gasteiger partial charge in [0.1, 0.15) is 5.82 Å². The number of nitrogens with zero attached hydrogens (tertiary/aromatic N) is 1. The normalized spacial score (nSPS) is 13.3. The van der Waals surface area contributed by atoms with Crippen molar-refractivity contribution in [3.8, 4) is 0 Å². The van der Waals surface area contributed by atoms with Crippen LogP contribution in [-0.2, 0) is 11.3 Å². The van der Waals surface area contributed by atoms with Gasteiger partial charge in [0.2, 0.25) is 5.91 Å². The molecule has 0 saturated carbocycles. The Bertz CT molecular complexity index is 491. The van der Waals surface area contributed by atoms with E-state index in [1.165, 1.54) is 12.1 Å². The van der Waals surface area contributed by atoms with Gasteiger partial charge in [0, 0.05) is 30.1 Å². The Hall–Kier alpha value is -2.15. The number of halogens is 1. The fourth-order valence-electron chi connectivity index (χ4n) is 1.57. The van der Waals surface area contributed by atoms with Gasteiger partial charge in [-0.25, -0.2) is 4.39 Å². The fourth-order valence-corrected chi connectivity index (χ4v) is 1.57. The summed E-state index contributed by atoms with van der Waals surface area (Å²) in [6.07, 6.45) is 0.184. The second-order valence-corrected chi connectivity index (χ2v) is 4.24. The van der Waals surface area contributed by atoms with Crippen LogP contribution in [0.25, 0.3) is 0 Å². The summed E-state index contributed by atoms with van der Waals surface area (Å²) >= 11 is 0. The van der Waals surface area contributed by atoms with Crippen LogP contribution in [-0.4, -0.2) is 23.0 Å². The lowest BCUT2D eigenvalue weighted by molar-refractivity contribution is -0.118. The van der Waals surface area contributed by atoms with Crippen molar-refractivity contribution in [1.29, 1.82) is 0 Å². The van der Waals surface area contributed by atoms with Gasteiger partial charge in [-0.1, -0.05) is 17.3 Å². The Balaban J connectivity index is 2.68. The lowest BCUT2D eigenvalue weighted by atomic mass is 10.1. The SMILES string of the molecule is CC(CC(N)=O)NCc1ccc(/C(N)=N/O)cc1F. The van der Waals surface area contributed by atoms with Crippen molar-refractivity contribution in [2.24, 2.45) is 16.6 Å². The van der Waals surface area contributed by atoms with Crippen molar-refractivity contribution in [3.63, 3.8) is 0 Å². The second-order valence-electron chi connectivity index (χ2n) is 4.24. The average molecular weight is 268 g/mol. The zero-order valence-corrected chi connectivity index (χ0v) is 10.6. The third-order valence-electron chi connectivity index (χ3n) is 2.60. The second kappa shape index (κ2) is 6.69. The predicted molar refractivity (Wildman–Crippen MR) is 69.0 cm³/mol. The Kier molecular flexibility index (Phi) is 5.25. The number of benzene rings is 1. The molecule has 1 unspecified atom stereocenters. The van der Waals surface area contributed by atoms with Crippen molar-refractivity contribution in [1.82, 2.24) is 5.32 Å². The molecule has 0 radical (unpaired) electrons. The molecule has 0 saturated heterocycles. The lowest BCUT2D eigenvalue weighted by Gasteiger charge is -2.12. The highest BCUT2D eigenvalue weighted by atomic mass is 19.1. The predicted octanol–water partition coefficient (Wildman–Crippen LogP) is 0.274. The molecule has 7 heteroatoms. The van der Waals surface area contributed by atoms with Crippen LogP contribution in [0.15, 0.2) is 23.4 Å². The molecule has 1 aromatic rings. The molecule has 1 atom stereocenters. The fraction of sp³-hybridized carbons (Fsp3) is 0.333. The van der Waals surface area contributed by atoms with Gasteiger partial charge in [-0.2, -0.15) is 0 Å². The molecule has 0 fully saturated rings. The molecular formula is C12H17FN4O2. The standard InChI is InChI=1S/C12H17FN4O2/c1-7(4-11(14)18)16-6-9-3-2-8(5-10(9)13)12(15)17-19/h2-3,5,7,16,19H,4,6H2,1H3,(H2,14,18)(H2,15,17). The number of primary amides is 1. The number of hydrogen-bond donors (Lipinski definition) is 4. The van der Waals surface area contributed by atoms with Gasteiger partial charge < -0.3 is 22.0 Å². The Labute approximate surface area is 110 Å². The summed E-state index contributed by atoms with van der Waals surface area (Å²) in [5.74, 6) is -1.04. The number of hydrogen-bond acceptors (Lipinski definition) is 4. The van der Waals surface area contributed by atoms with E-state index in [2.05, 4.69) is 10.5 Å². The highest BCUT2D eigenvalue weighted by molar-refractivity contribution is 5.97. The summed E-state index contributed by atoms with van der Waals surface area (Å²) in [5, 5.41) is 14.3. The van der Waals surface area contributed by atoms with E-state index in [9.17, 15) is 9.18 Å². The highest BCUT2D eigenvalue weighted by Crippen LogP contribution is 2.10. The summed E-state index contributed by atoms with van der Waals surface area (Å²) < 4.78 is 13.7. The summed E-state index contributed by atoms with van der Waals surface area (Å²) in [6.45, 7) is 2.05. The van der Waals surface area contributed by atoms with Gasteiger partial charge in [-0.3, -0.25) is 4.79 Å². The molecule has 0 heterocycles. The molecule has 0 aliphatic rings. The molecule has 0 aliphatic carbocycles. The number of carbonyl (C=O) groups excluding carboxylic acids is 1. The van der Waals surface area contributed by atoms with Crippen LogP contribution < -0.4 is 16.8 Å². The topological polar surface area (TPSA) is 114 Å². The molecule has 1 aromatic carbocycles. The monoisotopic (exact) mass is 268 g/mol. The number of nitrogens with one attached hydrogen (secondary N) is 1. The summed E-state index contributed by atoms with van der Waals surface area (Å²) in [5.41, 5.74) is 11.1. The third kappa shape index (κ3) is 4.55. The van der Waals surface area contributed by atoms with E-state index in [1.54, 1.807) is 13.0 Å². The molecule has 0 bridgehead atoms. The van der Waals surface area contributed by atoms with Crippen molar-refractivity contribution in [2.45, 2.75) is 25.9 Å². The molecule has 0 spiro atoms. The van der Waals surface area contributed by atoms with E-state index in [-0.39, 0.29) is 24.8 Å². The first-order valence-corrected chi connectivity index (χ1v) is 5.72. The van der Waals surface area contributed by atoms with Crippen molar-refractivity contribution >= 4 is 11.7 Å². The molecule has 6 N–H and O–H groups in total. The maximum absolute atomic E-state index is 13.7. The van der Waals surface area contributed by atoms with Gasteiger partial charge in [0.25, 0.3) is 0 Å². The Morgan fingerprint density at radius 3 is 2.74 bits per heavy atom. The van der Waals surface area contributed by atoms with Gasteiger partial charge in [-0.05, 0) is 13.0 Å². The van der Waals surface area contributed by atoms with E-state index in [0.29, 0.717) is 11.1 Å². The first-order chi connectivity index (χ1) is 8.93. The first kappa shape index (κ1) is 14.9. The van der Waals surface area contributed by atoms with Crippen LogP contribution >= 0.6 is 0 Å². The highest BCUT2D eigenvalue weighted by Gasteiger charge is 2.09. The molecule has 1 amide bonds. The number of carbonyl (C=O) groups is 1. The summed E-state index contributed by atoms with van der Waals surface area (Å²) in [4.78, 5) is 10.7. The minimum absolute atomic E-state index is 0.138. The van der Waals surface area contributed by atoms with Crippen LogP contribution in [0.3, 0.4) is 0 Å². The molecular weight excluding hydrogens is 251 g/mol. The average Bonchev–Trinajstić information content (AvgIpc) is 2.35. The maximum Gasteiger partial charge on any atom is 0.218 e. The van der Waals surface area contributed by atoms with Crippen LogP contribution in [0.1, 0.15) is 24.5 Å². The van der Waals surface area contributed by atoms with Gasteiger partial charge >= 0.3 is 0 Å². The number of amides is 1. The summed E-state index contributed by atoms with van der Waals surface area (Å²) in [7, 11) is 0. The van der Waals surface area contributed by atoms with E-state index < -0.39 is 11.7 Å². The minimum atomic E-state index is -0.470. The lowest BCUT2D eigenvalue weighted by Crippen LogP contribution is -2.30. The molecule has 0 aliphatic heterocycles. The molecule has 6 nitrogen and oxygen atoms in total. The van der Waals surface area contributed by atoms with Gasteiger partial charge in [-0.15, -0.1) is 0 Å². The van der Waals surface area contributed by atoms with Crippen LogP contribution in [0.2, 0.25) is 0 Å². The summed E-state index contributed by atoms with van der Waals surface area (Å²) in [6, 6.07) is 4.13. The zero-order valence-electron chi connectivity index (χ0n) is 10.6. The first-order valence-electron chi connectivity index (χ1n) is 5.72. The number of nitrogens with two attached hydrogens (primary N) is 2. The zero-order chi connectivity index (χ0) is 14.4. The van der Waals surface area contributed by atoms with Crippen LogP contribution in [0.5, 0.6) is 0 Å². The number of oxime groups is 1. The molecule has 104 valence electrons. The van der Waals surface area contributed by atoms with E-state index in [4.69, 9.17) is 16.7 Å². The van der Waals surface area contributed by atoms with E-state index >= 15 is 0 Å². The van der Waals surface area contributed by atoms with E-state index in [1.807, 2.05) is 0 Å². The quantitative estimate of drug-likeness (QED) is 0.257. The minimum Gasteiger partial charge on any atom is -0.409 e. The molecule has 19 heavy (non-hydrogen) atoms. The molecule has 1 rings (SSSR count). The number of rotatable bonds is 6. The third-order valence-corrected chi connectivity index (χ3v) is 2.60. The van der Waals surface area contributed by atoms with E-state index in [0.717, 1.165) is 0 Å². The van der Waals surface area contributed by atoms with Crippen molar-refractivity contribution < 1.29 is 14.4 Å². The van der Waals surface area contributed by atoms with Gasteiger partial charge in [0.15, 0.2) is 5.84 Å².